The number of benzene rings is 1. The summed E-state index contributed by atoms with van der Waals surface area (Å²) in [5.41, 5.74) is 1.16. The van der Waals surface area contributed by atoms with Crippen molar-refractivity contribution in [1.82, 2.24) is 0 Å². The van der Waals surface area contributed by atoms with Gasteiger partial charge in [0.2, 0.25) is 0 Å². The van der Waals surface area contributed by atoms with Crippen LogP contribution in [0.25, 0.3) is 10.1 Å². The molecule has 1 unspecified atom stereocenters. The average molecular weight is 221 g/mol. The minimum Gasteiger partial charge on any atom is -0.382 e. The van der Waals surface area contributed by atoms with Gasteiger partial charge in [-0.3, -0.25) is 0 Å². The predicted molar refractivity (Wildman–Crippen MR) is 66.8 cm³/mol. The van der Waals surface area contributed by atoms with Gasteiger partial charge in [-0.1, -0.05) is 0 Å². The summed E-state index contributed by atoms with van der Waals surface area (Å²) in [4.78, 5) is 0. The number of anilines is 1. The van der Waals surface area contributed by atoms with Crippen molar-refractivity contribution in [2.75, 3.05) is 19.0 Å². The smallest absolute Gasteiger partial charge is 0.0715 e. The molecule has 15 heavy (non-hydrogen) atoms. The van der Waals surface area contributed by atoms with Crippen LogP contribution in [0, 0.1) is 0 Å². The minimum absolute atomic E-state index is 0.239. The normalized spacial score (nSPS) is 12.9. The van der Waals surface area contributed by atoms with Crippen molar-refractivity contribution >= 4 is 27.1 Å². The highest BCUT2D eigenvalue weighted by Crippen LogP contribution is 2.23. The van der Waals surface area contributed by atoms with Crippen LogP contribution < -0.4 is 5.32 Å². The molecule has 2 rings (SSSR count). The molecule has 0 aliphatic rings. The van der Waals surface area contributed by atoms with Gasteiger partial charge in [-0.05, 0) is 42.0 Å². The molecule has 0 aliphatic heterocycles. The summed E-state index contributed by atoms with van der Waals surface area (Å²) in [6, 6.07) is 8.58. The number of rotatable bonds is 4. The lowest BCUT2D eigenvalue weighted by Gasteiger charge is -2.11. The number of methoxy groups -OCH3 is 1. The largest absolute Gasteiger partial charge is 0.382 e. The second-order valence-electron chi connectivity index (χ2n) is 3.60. The lowest BCUT2D eigenvalue weighted by Crippen LogP contribution is -2.17. The maximum Gasteiger partial charge on any atom is 0.0715 e. The fourth-order valence-corrected chi connectivity index (χ4v) is 2.19. The van der Waals surface area contributed by atoms with E-state index in [0.717, 1.165) is 12.2 Å². The third kappa shape index (κ3) is 2.49. The van der Waals surface area contributed by atoms with Crippen LogP contribution in [0.2, 0.25) is 0 Å². The highest BCUT2D eigenvalue weighted by atomic mass is 32.1. The van der Waals surface area contributed by atoms with Crippen LogP contribution in [-0.4, -0.2) is 19.8 Å². The van der Waals surface area contributed by atoms with E-state index in [4.69, 9.17) is 4.74 Å². The Bertz CT molecular complexity index is 438. The van der Waals surface area contributed by atoms with Crippen LogP contribution in [0.5, 0.6) is 0 Å². The molecule has 1 aromatic carbocycles. The molecule has 0 bridgehead atoms. The molecule has 3 heteroatoms. The highest BCUT2D eigenvalue weighted by Gasteiger charge is 2.00. The van der Waals surface area contributed by atoms with Crippen LogP contribution in [0.15, 0.2) is 29.6 Å². The summed E-state index contributed by atoms with van der Waals surface area (Å²) in [6.07, 6.45) is 0.239. The van der Waals surface area contributed by atoms with Crippen molar-refractivity contribution in [3.8, 4) is 0 Å². The molecule has 0 saturated carbocycles. The number of fused-ring (bicyclic) bond motifs is 1. The van der Waals surface area contributed by atoms with E-state index < -0.39 is 0 Å². The van der Waals surface area contributed by atoms with E-state index in [1.165, 1.54) is 10.1 Å². The van der Waals surface area contributed by atoms with Gasteiger partial charge in [0.25, 0.3) is 0 Å². The van der Waals surface area contributed by atoms with Gasteiger partial charge in [-0.2, -0.15) is 0 Å². The lowest BCUT2D eigenvalue weighted by atomic mass is 10.2. The van der Waals surface area contributed by atoms with E-state index in [9.17, 15) is 0 Å². The van der Waals surface area contributed by atoms with Crippen molar-refractivity contribution in [2.45, 2.75) is 13.0 Å². The van der Waals surface area contributed by atoms with E-state index >= 15 is 0 Å². The molecule has 80 valence electrons. The zero-order valence-electron chi connectivity index (χ0n) is 8.99. The maximum absolute atomic E-state index is 5.18. The number of thiophene rings is 1. The van der Waals surface area contributed by atoms with E-state index in [1.807, 2.05) is 0 Å². The van der Waals surface area contributed by atoms with Crippen LogP contribution in [-0.2, 0) is 4.74 Å². The quantitative estimate of drug-likeness (QED) is 0.855. The highest BCUT2D eigenvalue weighted by molar-refractivity contribution is 7.17. The Balaban J connectivity index is 2.08. The van der Waals surface area contributed by atoms with Crippen molar-refractivity contribution in [3.05, 3.63) is 29.6 Å². The third-order valence-electron chi connectivity index (χ3n) is 2.45. The van der Waals surface area contributed by atoms with Crippen LogP contribution >= 0.6 is 11.3 Å². The summed E-state index contributed by atoms with van der Waals surface area (Å²) in [6.45, 7) is 2.89. The summed E-state index contributed by atoms with van der Waals surface area (Å²) in [7, 11) is 1.73. The first-order chi connectivity index (χ1) is 7.29. The molecular formula is C12H15NOS. The van der Waals surface area contributed by atoms with Crippen molar-refractivity contribution < 1.29 is 4.74 Å². The predicted octanol–water partition coefficient (Wildman–Crippen LogP) is 3.35. The van der Waals surface area contributed by atoms with E-state index in [2.05, 4.69) is 41.9 Å². The van der Waals surface area contributed by atoms with Gasteiger partial charge in [0, 0.05) is 24.0 Å². The summed E-state index contributed by atoms with van der Waals surface area (Å²) in [5.74, 6) is 0. The fourth-order valence-electron chi connectivity index (χ4n) is 1.42. The molecule has 0 saturated heterocycles. The number of ether oxygens (including phenoxy) is 1. The summed E-state index contributed by atoms with van der Waals surface area (Å²) < 4.78 is 6.52. The molecule has 1 aromatic heterocycles. The zero-order chi connectivity index (χ0) is 10.7. The van der Waals surface area contributed by atoms with Gasteiger partial charge in [-0.15, -0.1) is 11.3 Å². The van der Waals surface area contributed by atoms with E-state index in [1.54, 1.807) is 18.4 Å². The molecule has 1 heterocycles. The Labute approximate surface area is 93.9 Å². The Morgan fingerprint density at radius 2 is 2.27 bits per heavy atom. The number of nitrogens with one attached hydrogen (secondary N) is 1. The Kier molecular flexibility index (Phi) is 3.23. The van der Waals surface area contributed by atoms with Gasteiger partial charge < -0.3 is 10.1 Å². The van der Waals surface area contributed by atoms with Gasteiger partial charge >= 0.3 is 0 Å². The molecule has 0 fully saturated rings. The van der Waals surface area contributed by atoms with Gasteiger partial charge in [0.05, 0.1) is 6.10 Å². The molecule has 1 N–H and O–H groups in total. The second kappa shape index (κ2) is 4.64. The molecule has 1 atom stereocenters. The van der Waals surface area contributed by atoms with Crippen LogP contribution in [0.3, 0.4) is 0 Å². The summed E-state index contributed by atoms with van der Waals surface area (Å²) >= 11 is 1.77. The zero-order valence-corrected chi connectivity index (χ0v) is 9.80. The average Bonchev–Trinajstić information content (AvgIpc) is 2.72. The Hall–Kier alpha value is -1.06. The Morgan fingerprint density at radius 1 is 1.40 bits per heavy atom. The van der Waals surface area contributed by atoms with Gasteiger partial charge in [-0.25, -0.2) is 0 Å². The van der Waals surface area contributed by atoms with Gasteiger partial charge in [0.1, 0.15) is 0 Å². The van der Waals surface area contributed by atoms with Crippen molar-refractivity contribution in [3.63, 3.8) is 0 Å². The molecule has 0 spiro atoms. The molecule has 2 aromatic rings. The minimum atomic E-state index is 0.239. The van der Waals surface area contributed by atoms with Gasteiger partial charge in [0.15, 0.2) is 0 Å². The monoisotopic (exact) mass is 221 g/mol. The standard InChI is InChI=1S/C12H15NOS/c1-9(14-2)8-13-11-3-4-12-10(7-11)5-6-15-12/h3-7,9,13H,8H2,1-2H3. The van der Waals surface area contributed by atoms with E-state index in [-0.39, 0.29) is 6.10 Å². The number of hydrogen-bond acceptors (Lipinski definition) is 3. The van der Waals surface area contributed by atoms with Crippen molar-refractivity contribution in [1.29, 1.82) is 0 Å². The Morgan fingerprint density at radius 3 is 3.07 bits per heavy atom. The van der Waals surface area contributed by atoms with Crippen LogP contribution in [0.1, 0.15) is 6.92 Å². The molecular weight excluding hydrogens is 206 g/mol. The molecule has 0 amide bonds. The lowest BCUT2D eigenvalue weighted by molar-refractivity contribution is 0.129. The topological polar surface area (TPSA) is 21.3 Å². The second-order valence-corrected chi connectivity index (χ2v) is 4.55. The first-order valence-corrected chi connectivity index (χ1v) is 5.91. The van der Waals surface area contributed by atoms with Crippen molar-refractivity contribution in [2.24, 2.45) is 0 Å². The molecule has 0 aliphatic carbocycles. The summed E-state index contributed by atoms with van der Waals surface area (Å²) in [5, 5.41) is 6.78. The third-order valence-corrected chi connectivity index (χ3v) is 3.35. The SMILES string of the molecule is COC(C)CNc1ccc2sccc2c1. The number of hydrogen-bond donors (Lipinski definition) is 1. The fraction of sp³-hybridized carbons (Fsp3) is 0.333. The van der Waals surface area contributed by atoms with Crippen LogP contribution in [0.4, 0.5) is 5.69 Å². The first kappa shape index (κ1) is 10.5. The first-order valence-electron chi connectivity index (χ1n) is 5.03. The van der Waals surface area contributed by atoms with E-state index in [0.29, 0.717) is 0 Å². The molecule has 0 radical (unpaired) electrons. The molecule has 2 nitrogen and oxygen atoms in total. The maximum atomic E-state index is 5.18.